The van der Waals surface area contributed by atoms with Crippen LogP contribution in [0, 0.1) is 38.4 Å². The molecule has 154 valence electrons. The zero-order valence-electron chi connectivity index (χ0n) is 21.8. The Morgan fingerprint density at radius 3 is 2.31 bits per heavy atom. The van der Waals surface area contributed by atoms with Crippen molar-refractivity contribution in [1.29, 1.82) is 0 Å². The van der Waals surface area contributed by atoms with Crippen LogP contribution in [-0.4, -0.2) is 0 Å². The average molecular weight is 396 g/mol. The van der Waals surface area contributed by atoms with E-state index in [1.54, 1.807) is 6.07 Å². The molecule has 0 saturated carbocycles. The molecule has 0 aliphatic carbocycles. The van der Waals surface area contributed by atoms with E-state index in [1.165, 1.54) is 0 Å². The number of pyridine rings is 1. The third kappa shape index (κ3) is 4.22. The van der Waals surface area contributed by atoms with Crippen LogP contribution in [0.1, 0.15) is 59.6 Å². The monoisotopic (exact) mass is 395 g/mol. The lowest BCUT2D eigenvalue weighted by Gasteiger charge is -2.16. The number of hydrogen-bond donors (Lipinski definition) is 0. The number of aryl methyl sites for hydroxylation is 3. The molecule has 0 fully saturated rings. The van der Waals surface area contributed by atoms with Gasteiger partial charge in [-0.05, 0) is 74.2 Å². The van der Waals surface area contributed by atoms with Gasteiger partial charge in [0, 0.05) is 27.4 Å². The molecule has 1 nitrogen and oxygen atoms in total. The predicted molar refractivity (Wildman–Crippen MR) is 122 cm³/mol. The summed E-state index contributed by atoms with van der Waals surface area (Å²) in [5, 5.41) is 0.927. The van der Waals surface area contributed by atoms with Crippen molar-refractivity contribution < 1.29 is 13.1 Å². The third-order valence-electron chi connectivity index (χ3n) is 5.66. The lowest BCUT2D eigenvalue weighted by molar-refractivity contribution is -0.633. The van der Waals surface area contributed by atoms with Crippen LogP contribution in [0.25, 0.3) is 22.2 Å². The Morgan fingerprint density at radius 2 is 1.69 bits per heavy atom. The zero-order chi connectivity index (χ0) is 24.0. The molecule has 0 amide bonds. The fourth-order valence-corrected chi connectivity index (χ4v) is 4.23. The number of fused-ring (bicyclic) bond motifs is 1. The Hall–Kier alpha value is -2.22. The molecule has 0 aliphatic rings. The molecule has 0 saturated heterocycles. The van der Waals surface area contributed by atoms with Crippen LogP contribution in [0.4, 0.5) is 4.39 Å². The highest BCUT2D eigenvalue weighted by Gasteiger charge is 2.23. The summed E-state index contributed by atoms with van der Waals surface area (Å²) < 4.78 is 41.4. The zero-order valence-corrected chi connectivity index (χ0v) is 18.8. The smallest absolute Gasteiger partial charge is 0.206 e. The fraction of sp³-hybridized carbons (Fsp3) is 0.444. The van der Waals surface area contributed by atoms with Crippen molar-refractivity contribution >= 4 is 10.9 Å². The molecule has 0 spiro atoms. The van der Waals surface area contributed by atoms with E-state index >= 15 is 4.39 Å². The molecule has 0 aliphatic heterocycles. The maximum Gasteiger partial charge on any atom is 0.213 e. The highest BCUT2D eigenvalue weighted by atomic mass is 19.1. The van der Waals surface area contributed by atoms with E-state index in [2.05, 4.69) is 32.3 Å². The summed E-state index contributed by atoms with van der Waals surface area (Å²) in [5.74, 6) is 0.611. The summed E-state index contributed by atoms with van der Waals surface area (Å²) in [5.41, 5.74) is 6.40. The molecule has 0 atom stereocenters. The Balaban J connectivity index is 2.34. The normalized spacial score (nSPS) is 13.8. The predicted octanol–water partition coefficient (Wildman–Crippen LogP) is 6.79. The highest BCUT2D eigenvalue weighted by molar-refractivity contribution is 5.83. The lowest BCUT2D eigenvalue weighted by Crippen LogP contribution is -2.33. The van der Waals surface area contributed by atoms with Gasteiger partial charge in [0.25, 0.3) is 0 Å². The minimum absolute atomic E-state index is 0.0796. The van der Waals surface area contributed by atoms with E-state index in [4.69, 9.17) is 4.11 Å². The standard InChI is InChI=1S/C27H35FN/c1-16(2)11-21-15-26-22(24(27(21)28)12-17(3)4)9-10-25(29(26)8)23-14-18(5)13-19(6)20(23)7/h9-10,13-17H,11-12H2,1-8H3/q+1/i6D3. The van der Waals surface area contributed by atoms with Gasteiger partial charge in [0.05, 0.1) is 5.39 Å². The molecule has 1 aromatic heterocycles. The van der Waals surface area contributed by atoms with E-state index in [-0.39, 0.29) is 5.82 Å². The largest absolute Gasteiger partial charge is 0.213 e. The van der Waals surface area contributed by atoms with Gasteiger partial charge in [0.15, 0.2) is 0 Å². The molecule has 0 radical (unpaired) electrons. The second-order valence-corrected chi connectivity index (χ2v) is 9.22. The van der Waals surface area contributed by atoms with Gasteiger partial charge >= 0.3 is 0 Å². The molecule has 29 heavy (non-hydrogen) atoms. The second-order valence-electron chi connectivity index (χ2n) is 9.22. The van der Waals surface area contributed by atoms with E-state index in [0.29, 0.717) is 30.2 Å². The summed E-state index contributed by atoms with van der Waals surface area (Å²) in [6.07, 6.45) is 1.37. The van der Waals surface area contributed by atoms with Gasteiger partial charge in [-0.25, -0.2) is 4.39 Å². The van der Waals surface area contributed by atoms with Crippen LogP contribution in [0.3, 0.4) is 0 Å². The van der Waals surface area contributed by atoms with Crippen LogP contribution in [0.15, 0.2) is 30.3 Å². The number of benzene rings is 2. The van der Waals surface area contributed by atoms with Gasteiger partial charge in [0.2, 0.25) is 11.2 Å². The van der Waals surface area contributed by atoms with Gasteiger partial charge in [0.1, 0.15) is 12.9 Å². The Labute approximate surface area is 179 Å². The summed E-state index contributed by atoms with van der Waals surface area (Å²) in [6.45, 7) is 10.1. The molecule has 3 rings (SSSR count). The Kier molecular flexibility index (Phi) is 5.02. The highest BCUT2D eigenvalue weighted by Crippen LogP contribution is 2.31. The minimum atomic E-state index is -2.17. The van der Waals surface area contributed by atoms with E-state index < -0.39 is 6.85 Å². The quantitative estimate of drug-likeness (QED) is 0.419. The lowest BCUT2D eigenvalue weighted by atomic mass is 9.91. The first-order chi connectivity index (χ1) is 14.8. The van der Waals surface area contributed by atoms with Crippen LogP contribution in [0.2, 0.25) is 0 Å². The van der Waals surface area contributed by atoms with Crippen LogP contribution in [-0.2, 0) is 19.9 Å². The molecular formula is C27H35FN+. The van der Waals surface area contributed by atoms with Crippen LogP contribution < -0.4 is 4.57 Å². The van der Waals surface area contributed by atoms with Crippen molar-refractivity contribution in [3.8, 4) is 11.3 Å². The summed E-state index contributed by atoms with van der Waals surface area (Å²) in [7, 11) is 1.99. The molecule has 0 N–H and O–H groups in total. The molecule has 0 unspecified atom stereocenters. The fourth-order valence-electron chi connectivity index (χ4n) is 4.23. The van der Waals surface area contributed by atoms with Gasteiger partial charge in [-0.2, -0.15) is 4.57 Å². The van der Waals surface area contributed by atoms with Crippen molar-refractivity contribution in [2.75, 3.05) is 0 Å². The first-order valence-corrected chi connectivity index (χ1v) is 10.6. The number of hydrogen-bond acceptors (Lipinski definition) is 0. The van der Waals surface area contributed by atoms with Crippen LogP contribution in [0.5, 0.6) is 0 Å². The Bertz CT molecular complexity index is 1160. The Morgan fingerprint density at radius 1 is 1.00 bits per heavy atom. The van der Waals surface area contributed by atoms with Crippen molar-refractivity contribution in [3.63, 3.8) is 0 Å². The average Bonchev–Trinajstić information content (AvgIpc) is 2.66. The van der Waals surface area contributed by atoms with E-state index in [0.717, 1.165) is 44.4 Å². The number of aromatic nitrogens is 1. The molecule has 3 aromatic rings. The molecule has 1 heterocycles. The first-order valence-electron chi connectivity index (χ1n) is 12.1. The van der Waals surface area contributed by atoms with Gasteiger partial charge in [-0.1, -0.05) is 39.3 Å². The molecule has 2 heteroatoms. The topological polar surface area (TPSA) is 3.88 Å². The second kappa shape index (κ2) is 8.26. The number of halogens is 1. The maximum atomic E-state index is 15.5. The summed E-state index contributed by atoms with van der Waals surface area (Å²) >= 11 is 0. The number of nitrogens with zero attached hydrogens (tertiary/aromatic N) is 1. The summed E-state index contributed by atoms with van der Waals surface area (Å²) in [6, 6.07) is 9.77. The van der Waals surface area contributed by atoms with Crippen molar-refractivity contribution in [2.45, 2.75) is 61.2 Å². The van der Waals surface area contributed by atoms with E-state index in [1.807, 2.05) is 45.2 Å². The molecule has 0 bridgehead atoms. The SMILES string of the molecule is [2H]C([2H])([2H])c1cc(C)cc(-c2ccc3c(CC(C)C)c(F)c(CC(C)C)cc3[n+]2C)c1C. The maximum absolute atomic E-state index is 15.5. The van der Waals surface area contributed by atoms with Gasteiger partial charge in [-0.3, -0.25) is 0 Å². The van der Waals surface area contributed by atoms with Crippen molar-refractivity contribution in [3.05, 3.63) is 64.0 Å². The molecular weight excluding hydrogens is 357 g/mol. The third-order valence-corrected chi connectivity index (χ3v) is 5.66. The minimum Gasteiger partial charge on any atom is -0.206 e. The van der Waals surface area contributed by atoms with Crippen molar-refractivity contribution in [1.82, 2.24) is 0 Å². The number of rotatable bonds is 5. The first kappa shape index (κ1) is 17.6. The van der Waals surface area contributed by atoms with E-state index in [9.17, 15) is 0 Å². The van der Waals surface area contributed by atoms with Gasteiger partial charge < -0.3 is 0 Å². The molecule has 2 aromatic carbocycles. The summed E-state index contributed by atoms with van der Waals surface area (Å²) in [4.78, 5) is 0. The van der Waals surface area contributed by atoms with Gasteiger partial charge in [-0.15, -0.1) is 0 Å². The van der Waals surface area contributed by atoms with Crippen molar-refractivity contribution in [2.24, 2.45) is 18.9 Å². The van der Waals surface area contributed by atoms with Crippen LogP contribution >= 0.6 is 0 Å².